The molecule has 5 heteroatoms. The number of halogens is 3. The van der Waals surface area contributed by atoms with E-state index in [1.807, 2.05) is 0 Å². The van der Waals surface area contributed by atoms with E-state index in [2.05, 4.69) is 79.0 Å². The molecule has 0 aromatic heterocycles. The summed E-state index contributed by atoms with van der Waals surface area (Å²) in [5, 5.41) is 3.44. The first-order chi connectivity index (χ1) is 10.9. The van der Waals surface area contributed by atoms with E-state index in [1.54, 1.807) is 19.8 Å². The molecule has 0 saturated carbocycles. The van der Waals surface area contributed by atoms with Gasteiger partial charge in [0.1, 0.15) is 0 Å². The summed E-state index contributed by atoms with van der Waals surface area (Å²) in [7, 11) is -1.63. The van der Waals surface area contributed by atoms with Crippen LogP contribution in [0.3, 0.4) is 0 Å². The summed E-state index contributed by atoms with van der Waals surface area (Å²) in [5.41, 5.74) is 4.52. The normalized spacial score (nSPS) is 15.4. The molecule has 0 heterocycles. The Balaban J connectivity index is 0. The van der Waals surface area contributed by atoms with Crippen LogP contribution in [0.4, 0.5) is 0 Å². The first-order valence-corrected chi connectivity index (χ1v) is 12.6. The fourth-order valence-corrected chi connectivity index (χ4v) is 10.4. The Morgan fingerprint density at radius 3 is 2.04 bits per heavy atom. The van der Waals surface area contributed by atoms with Gasteiger partial charge < -0.3 is 37.2 Å². The average molecular weight is 466 g/mol. The zero-order valence-corrected chi connectivity index (χ0v) is 21.5. The molecule has 0 amide bonds. The first kappa shape index (κ1) is 28.7. The molecule has 0 nitrogen and oxygen atoms in total. The van der Waals surface area contributed by atoms with Gasteiger partial charge in [-0.3, -0.25) is 0 Å². The van der Waals surface area contributed by atoms with Crippen molar-refractivity contribution in [3.8, 4) is 0 Å². The molecule has 1 aliphatic rings. The molecule has 0 N–H and O–H groups in total. The number of unbranched alkanes of at least 4 members (excludes halogenated alkanes) is 1. The molecule has 0 aliphatic heterocycles. The smallest absolute Gasteiger partial charge is 1.00 e. The van der Waals surface area contributed by atoms with Gasteiger partial charge in [0.2, 0.25) is 0 Å². The Morgan fingerprint density at radius 1 is 0.962 bits per heavy atom. The minimum Gasteiger partial charge on any atom is -1.00 e. The van der Waals surface area contributed by atoms with Crippen LogP contribution in [0.15, 0.2) is 38.9 Å². The summed E-state index contributed by atoms with van der Waals surface area (Å²) < 4.78 is 1.65. The number of allylic oxidation sites excluding steroid dienone is 4. The molecule has 0 spiro atoms. The molecule has 144 valence electrons. The van der Waals surface area contributed by atoms with Gasteiger partial charge in [-0.2, -0.15) is 0 Å². The Morgan fingerprint density at radius 2 is 1.54 bits per heavy atom. The van der Waals surface area contributed by atoms with Gasteiger partial charge >= 0.3 is 156 Å². The molecule has 1 atom stereocenters. The second-order valence-corrected chi connectivity index (χ2v) is 12.5. The van der Waals surface area contributed by atoms with Crippen molar-refractivity contribution < 1.29 is 57.7 Å². The summed E-state index contributed by atoms with van der Waals surface area (Å²) in [5.74, 6) is 0. The van der Waals surface area contributed by atoms with Crippen molar-refractivity contribution in [1.82, 2.24) is 0 Å². The Kier molecular flexibility index (Phi) is 14.2. The third-order valence-electron chi connectivity index (χ3n) is 5.14. The molecule has 1 unspecified atom stereocenters. The van der Waals surface area contributed by atoms with Crippen LogP contribution < -0.4 is 42.4 Å². The van der Waals surface area contributed by atoms with Crippen molar-refractivity contribution in [2.75, 3.05) is 0 Å². The van der Waals surface area contributed by atoms with E-state index in [0.717, 1.165) is 0 Å². The third-order valence-corrected chi connectivity index (χ3v) is 10.9. The third kappa shape index (κ3) is 6.54. The van der Waals surface area contributed by atoms with Crippen molar-refractivity contribution in [3.63, 3.8) is 0 Å². The van der Waals surface area contributed by atoms with Crippen LogP contribution >= 0.6 is 0 Å². The van der Waals surface area contributed by atoms with Crippen LogP contribution in [-0.4, -0.2) is 8.07 Å². The number of aryl methyl sites for hydroxylation is 2. The summed E-state index contributed by atoms with van der Waals surface area (Å²) in [6, 6.07) is 8.67. The predicted octanol–water partition coefficient (Wildman–Crippen LogP) is -3.13. The molecule has 1 aromatic carbocycles. The molecular weight excluding hydrogens is 435 g/mol. The number of benzene rings is 1. The maximum atomic E-state index is 2.63. The molecule has 0 saturated heterocycles. The predicted molar refractivity (Wildman–Crippen MR) is 102 cm³/mol. The SMILES string of the molecule is CCCC[Si](C)(C1=[C]([Ti+3])CC=C1CCC)c1cc(C)cc(C)c1.[Cl-].[Cl-].[Cl-]. The summed E-state index contributed by atoms with van der Waals surface area (Å²) >= 11 is 2.38. The van der Waals surface area contributed by atoms with Gasteiger partial charge in [0.15, 0.2) is 0 Å². The maximum Gasteiger partial charge on any atom is -1.00 e. The van der Waals surface area contributed by atoms with E-state index in [4.69, 9.17) is 0 Å². The Hall–Kier alpha value is 0.501. The van der Waals surface area contributed by atoms with Crippen LogP contribution in [0.2, 0.25) is 12.6 Å². The van der Waals surface area contributed by atoms with Gasteiger partial charge in [0.25, 0.3) is 0 Å². The fourth-order valence-electron chi connectivity index (χ4n) is 4.04. The van der Waals surface area contributed by atoms with Crippen molar-refractivity contribution in [3.05, 3.63) is 50.0 Å². The van der Waals surface area contributed by atoms with Crippen molar-refractivity contribution in [1.29, 1.82) is 0 Å². The minimum atomic E-state index is -1.63. The van der Waals surface area contributed by atoms with Crippen LogP contribution in [0.5, 0.6) is 0 Å². The molecule has 0 fully saturated rings. The molecule has 1 aromatic rings. The minimum absolute atomic E-state index is 0. The van der Waals surface area contributed by atoms with Crippen LogP contribution in [0.25, 0.3) is 0 Å². The second-order valence-electron chi connectivity index (χ2n) is 7.35. The zero-order chi connectivity index (χ0) is 17.0. The van der Waals surface area contributed by atoms with Gasteiger partial charge in [0, 0.05) is 0 Å². The second kappa shape index (κ2) is 12.9. The van der Waals surface area contributed by atoms with Crippen molar-refractivity contribution in [2.24, 2.45) is 0 Å². The van der Waals surface area contributed by atoms with Gasteiger partial charge in [-0.05, 0) is 0 Å². The zero-order valence-electron chi connectivity index (χ0n) is 16.7. The van der Waals surface area contributed by atoms with Crippen molar-refractivity contribution >= 4 is 13.3 Å². The van der Waals surface area contributed by atoms with E-state index in [1.165, 1.54) is 49.3 Å². The Bertz CT molecular complexity index is 620. The fraction of sp³-hybridized carbons (Fsp3) is 0.524. The quantitative estimate of drug-likeness (QED) is 0.374. The molecule has 2 rings (SSSR count). The Labute approximate surface area is 192 Å². The molecule has 0 radical (unpaired) electrons. The maximum absolute atomic E-state index is 2.63. The van der Waals surface area contributed by atoms with Gasteiger partial charge in [0.05, 0.1) is 0 Å². The monoisotopic (exact) mass is 464 g/mol. The molecule has 1 aliphatic carbocycles. The van der Waals surface area contributed by atoms with Gasteiger partial charge in [-0.1, -0.05) is 0 Å². The summed E-state index contributed by atoms with van der Waals surface area (Å²) in [4.78, 5) is 0. The van der Waals surface area contributed by atoms with Crippen LogP contribution in [0, 0.1) is 13.8 Å². The van der Waals surface area contributed by atoms with Crippen LogP contribution in [0.1, 0.15) is 57.1 Å². The summed E-state index contributed by atoms with van der Waals surface area (Å²) in [6.45, 7) is 11.8. The summed E-state index contributed by atoms with van der Waals surface area (Å²) in [6.07, 6.45) is 8.87. The van der Waals surface area contributed by atoms with E-state index < -0.39 is 8.07 Å². The molecule has 26 heavy (non-hydrogen) atoms. The number of hydrogen-bond donors (Lipinski definition) is 0. The first-order valence-electron chi connectivity index (χ1n) is 9.15. The standard InChI is InChI=1S/C21H31Si.3ClH.Ti/c1-6-8-13-22(5,20-15-17(3)14-18(4)16-20)21-12-9-11-19(21)10-7-2;;;;/h11,14-16H,6-10,13H2,1-5H3;3*1H;/q;;;;+3/p-3. The van der Waals surface area contributed by atoms with E-state index >= 15 is 0 Å². The van der Waals surface area contributed by atoms with Gasteiger partial charge in [-0.15, -0.1) is 0 Å². The van der Waals surface area contributed by atoms with Crippen LogP contribution in [-0.2, 0) is 20.4 Å². The van der Waals surface area contributed by atoms with E-state index in [-0.39, 0.29) is 37.2 Å². The number of rotatable bonds is 7. The van der Waals surface area contributed by atoms with E-state index in [9.17, 15) is 0 Å². The molecule has 0 bridgehead atoms. The van der Waals surface area contributed by atoms with Crippen molar-refractivity contribution in [2.45, 2.75) is 72.4 Å². The average Bonchev–Trinajstić information content (AvgIpc) is 2.85. The molecular formula is C21H31Cl3SiTi. The topological polar surface area (TPSA) is 0 Å². The largest absolute Gasteiger partial charge is 1.00 e. The van der Waals surface area contributed by atoms with Gasteiger partial charge in [-0.25, -0.2) is 0 Å². The number of hydrogen-bond acceptors (Lipinski definition) is 0. The van der Waals surface area contributed by atoms with E-state index in [0.29, 0.717) is 0 Å².